The molecule has 0 radical (unpaired) electrons. The molecule has 0 saturated carbocycles. The number of anilines is 1. The molecule has 1 amide bonds. The van der Waals surface area contributed by atoms with Gasteiger partial charge in [-0.25, -0.2) is 4.79 Å². The predicted octanol–water partition coefficient (Wildman–Crippen LogP) is 3.82. The van der Waals surface area contributed by atoms with Crippen molar-refractivity contribution >= 4 is 28.2 Å². The van der Waals surface area contributed by atoms with Crippen LogP contribution in [0.1, 0.15) is 45.5 Å². The minimum Gasteiger partial charge on any atom is -0.465 e. The lowest BCUT2D eigenvalue weighted by Crippen LogP contribution is -2.21. The second kappa shape index (κ2) is 7.57. The molecular formula is C18H20F3N3O3S. The zero-order valence-electron chi connectivity index (χ0n) is 15.6. The molecule has 152 valence electrons. The van der Waals surface area contributed by atoms with Crippen molar-refractivity contribution in [2.45, 2.75) is 45.8 Å². The van der Waals surface area contributed by atoms with Gasteiger partial charge in [0.15, 0.2) is 5.69 Å². The van der Waals surface area contributed by atoms with Crippen LogP contribution >= 0.6 is 11.3 Å². The van der Waals surface area contributed by atoms with Crippen LogP contribution in [0.2, 0.25) is 0 Å². The van der Waals surface area contributed by atoms with Crippen molar-refractivity contribution in [1.82, 2.24) is 9.78 Å². The highest BCUT2D eigenvalue weighted by atomic mass is 32.1. The number of nitrogens with one attached hydrogen (secondary N) is 1. The van der Waals surface area contributed by atoms with E-state index in [1.54, 1.807) is 0 Å². The van der Waals surface area contributed by atoms with Gasteiger partial charge in [0.05, 0.1) is 12.7 Å². The summed E-state index contributed by atoms with van der Waals surface area (Å²) in [5, 5.41) is 6.48. The smallest absolute Gasteiger partial charge is 0.435 e. The summed E-state index contributed by atoms with van der Waals surface area (Å²) >= 11 is 1.32. The largest absolute Gasteiger partial charge is 0.465 e. The maximum Gasteiger partial charge on any atom is 0.435 e. The molecule has 2 aromatic rings. The van der Waals surface area contributed by atoms with Crippen molar-refractivity contribution in [3.8, 4) is 0 Å². The molecule has 1 atom stereocenters. The number of amides is 1. The number of rotatable bonds is 4. The summed E-state index contributed by atoms with van der Waals surface area (Å²) < 4.78 is 44.2. The quantitative estimate of drug-likeness (QED) is 0.771. The lowest BCUT2D eigenvalue weighted by molar-refractivity contribution is -0.141. The standard InChI is InChI=1S/C18H20F3N3O3S/c1-9-4-5-11-12(6-9)28-16(15(11)17(26)27-3)22-14(25)8-24-10(2)7-13(23-24)18(19,20)21/h7,9H,4-6,8H2,1-3H3,(H,22,25)/t9-/m0/s1. The van der Waals surface area contributed by atoms with Crippen molar-refractivity contribution in [1.29, 1.82) is 0 Å². The molecule has 1 aliphatic carbocycles. The Labute approximate surface area is 163 Å². The number of hydrogen-bond acceptors (Lipinski definition) is 5. The van der Waals surface area contributed by atoms with Crippen LogP contribution in [0.15, 0.2) is 6.07 Å². The normalized spacial score (nSPS) is 16.6. The third-order valence-electron chi connectivity index (χ3n) is 4.72. The molecule has 3 rings (SSSR count). The molecule has 0 unspecified atom stereocenters. The molecule has 0 aromatic carbocycles. The summed E-state index contributed by atoms with van der Waals surface area (Å²) in [7, 11) is 1.27. The van der Waals surface area contributed by atoms with E-state index in [1.807, 2.05) is 0 Å². The number of alkyl halides is 3. The fourth-order valence-corrected chi connectivity index (χ4v) is 4.68. The van der Waals surface area contributed by atoms with Gasteiger partial charge in [-0.1, -0.05) is 6.92 Å². The Hall–Kier alpha value is -2.36. The first-order valence-electron chi connectivity index (χ1n) is 8.74. The van der Waals surface area contributed by atoms with Gasteiger partial charge >= 0.3 is 12.1 Å². The van der Waals surface area contributed by atoms with E-state index in [0.29, 0.717) is 16.5 Å². The maximum absolute atomic E-state index is 12.8. The van der Waals surface area contributed by atoms with Crippen molar-refractivity contribution in [2.24, 2.45) is 5.92 Å². The van der Waals surface area contributed by atoms with Gasteiger partial charge in [-0.15, -0.1) is 11.3 Å². The highest BCUT2D eigenvalue weighted by Gasteiger charge is 2.35. The summed E-state index contributed by atoms with van der Waals surface area (Å²) in [5.41, 5.74) is 0.402. The number of esters is 1. The van der Waals surface area contributed by atoms with Crippen LogP contribution < -0.4 is 5.32 Å². The number of hydrogen-bond donors (Lipinski definition) is 1. The van der Waals surface area contributed by atoms with Crippen LogP contribution in [0.4, 0.5) is 18.2 Å². The van der Waals surface area contributed by atoms with Crippen LogP contribution in [-0.4, -0.2) is 28.8 Å². The molecule has 28 heavy (non-hydrogen) atoms. The topological polar surface area (TPSA) is 73.2 Å². The Kier molecular flexibility index (Phi) is 5.51. The zero-order chi connectivity index (χ0) is 20.6. The summed E-state index contributed by atoms with van der Waals surface area (Å²) in [5.74, 6) is -0.610. The summed E-state index contributed by atoms with van der Waals surface area (Å²) in [4.78, 5) is 25.7. The third-order valence-corrected chi connectivity index (χ3v) is 5.89. The van der Waals surface area contributed by atoms with Gasteiger partial charge in [0.2, 0.25) is 5.91 Å². The molecule has 0 aliphatic heterocycles. The molecule has 0 saturated heterocycles. The van der Waals surface area contributed by atoms with Crippen LogP contribution in [0.5, 0.6) is 0 Å². The number of carbonyl (C=O) groups excluding carboxylic acids is 2. The van der Waals surface area contributed by atoms with E-state index in [2.05, 4.69) is 17.3 Å². The van der Waals surface area contributed by atoms with Crippen LogP contribution in [0, 0.1) is 12.8 Å². The number of halogens is 3. The Morgan fingerprint density at radius 2 is 2.14 bits per heavy atom. The summed E-state index contributed by atoms with van der Waals surface area (Å²) in [6.45, 7) is 3.18. The minimum absolute atomic E-state index is 0.218. The fourth-order valence-electron chi connectivity index (χ4n) is 3.27. The molecule has 0 spiro atoms. The lowest BCUT2D eigenvalue weighted by atomic mass is 9.88. The van der Waals surface area contributed by atoms with E-state index in [-0.39, 0.29) is 12.2 Å². The molecule has 2 aromatic heterocycles. The molecule has 0 bridgehead atoms. The SMILES string of the molecule is COC(=O)c1c(NC(=O)Cn2nc(C(F)(F)F)cc2C)sc2c1CC[C@H](C)C2. The van der Waals surface area contributed by atoms with Crippen LogP contribution in [-0.2, 0) is 35.1 Å². The third kappa shape index (κ3) is 4.06. The highest BCUT2D eigenvalue weighted by molar-refractivity contribution is 7.17. The van der Waals surface area contributed by atoms with Crippen LogP contribution in [0.3, 0.4) is 0 Å². The number of nitrogens with zero attached hydrogens (tertiary/aromatic N) is 2. The average molecular weight is 415 g/mol. The molecule has 10 heteroatoms. The second-order valence-corrected chi connectivity index (χ2v) is 8.03. The first-order chi connectivity index (χ1) is 13.1. The van der Waals surface area contributed by atoms with Crippen molar-refractivity contribution in [3.05, 3.63) is 33.5 Å². The second-order valence-electron chi connectivity index (χ2n) is 6.92. The van der Waals surface area contributed by atoms with E-state index in [4.69, 9.17) is 4.74 Å². The number of thiophene rings is 1. The Morgan fingerprint density at radius 3 is 2.75 bits per heavy atom. The van der Waals surface area contributed by atoms with Gasteiger partial charge in [-0.2, -0.15) is 18.3 Å². The molecule has 1 aliphatic rings. The highest BCUT2D eigenvalue weighted by Crippen LogP contribution is 2.40. The Bertz CT molecular complexity index is 917. The minimum atomic E-state index is -4.58. The van der Waals surface area contributed by atoms with Gasteiger partial charge in [-0.3, -0.25) is 9.48 Å². The van der Waals surface area contributed by atoms with E-state index in [9.17, 15) is 22.8 Å². The number of carbonyl (C=O) groups is 2. The zero-order valence-corrected chi connectivity index (χ0v) is 16.5. The fraction of sp³-hybridized carbons (Fsp3) is 0.500. The predicted molar refractivity (Wildman–Crippen MR) is 97.4 cm³/mol. The molecule has 2 heterocycles. The molecule has 1 N–H and O–H groups in total. The van der Waals surface area contributed by atoms with E-state index in [0.717, 1.165) is 40.5 Å². The van der Waals surface area contributed by atoms with Crippen molar-refractivity contribution in [3.63, 3.8) is 0 Å². The Morgan fingerprint density at radius 1 is 1.43 bits per heavy atom. The number of ether oxygens (including phenoxy) is 1. The van der Waals surface area contributed by atoms with E-state index >= 15 is 0 Å². The first-order valence-corrected chi connectivity index (χ1v) is 9.56. The summed E-state index contributed by atoms with van der Waals surface area (Å²) in [6, 6.07) is 0.887. The van der Waals surface area contributed by atoms with E-state index < -0.39 is 23.7 Å². The van der Waals surface area contributed by atoms with Gasteiger partial charge in [0.1, 0.15) is 11.5 Å². The van der Waals surface area contributed by atoms with Crippen LogP contribution in [0.25, 0.3) is 0 Å². The summed E-state index contributed by atoms with van der Waals surface area (Å²) in [6.07, 6.45) is -2.10. The lowest BCUT2D eigenvalue weighted by Gasteiger charge is -2.18. The van der Waals surface area contributed by atoms with Crippen molar-refractivity contribution < 1.29 is 27.5 Å². The van der Waals surface area contributed by atoms with Crippen molar-refractivity contribution in [2.75, 3.05) is 12.4 Å². The maximum atomic E-state index is 12.8. The number of aryl methyl sites for hydroxylation is 1. The monoisotopic (exact) mass is 415 g/mol. The van der Waals surface area contributed by atoms with E-state index in [1.165, 1.54) is 25.4 Å². The number of fused-ring (bicyclic) bond motifs is 1. The van der Waals surface area contributed by atoms with Gasteiger partial charge in [0, 0.05) is 10.6 Å². The average Bonchev–Trinajstić information content (AvgIpc) is 3.14. The number of methoxy groups -OCH3 is 1. The molecule has 6 nitrogen and oxygen atoms in total. The van der Waals surface area contributed by atoms with Gasteiger partial charge in [0.25, 0.3) is 0 Å². The molecular weight excluding hydrogens is 395 g/mol. The van der Waals surface area contributed by atoms with Gasteiger partial charge < -0.3 is 10.1 Å². The Balaban J connectivity index is 1.83. The first kappa shape index (κ1) is 20.4. The van der Waals surface area contributed by atoms with Gasteiger partial charge in [-0.05, 0) is 43.7 Å². The molecule has 0 fully saturated rings. The number of aromatic nitrogens is 2.